The van der Waals surface area contributed by atoms with Gasteiger partial charge in [-0.3, -0.25) is 23.9 Å². The molecule has 3 aromatic heterocycles. The van der Waals surface area contributed by atoms with E-state index in [-0.39, 0.29) is 42.2 Å². The molecule has 5 aromatic rings. The van der Waals surface area contributed by atoms with Gasteiger partial charge in [-0.15, -0.1) is 0 Å². The minimum atomic E-state index is -1.35. The Kier molecular flexibility index (Phi) is 8.97. The van der Waals surface area contributed by atoms with E-state index in [0.717, 1.165) is 16.7 Å². The van der Waals surface area contributed by atoms with Gasteiger partial charge in [0.05, 0.1) is 23.1 Å². The first kappa shape index (κ1) is 36.6. The molecule has 2 fully saturated rings. The molecule has 8 rings (SSSR count). The molecular weight excluding hydrogens is 757 g/mol. The number of nitrogens with one attached hydrogen (secondary N) is 3. The fourth-order valence-electron chi connectivity index (χ4n) is 7.10. The summed E-state index contributed by atoms with van der Waals surface area (Å²) in [5.41, 5.74) is 6.22. The maximum Gasteiger partial charge on any atom is 0.312 e. The summed E-state index contributed by atoms with van der Waals surface area (Å²) in [4.78, 5) is 72.4. The van der Waals surface area contributed by atoms with Crippen LogP contribution in [0, 0.1) is 11.3 Å². The maximum atomic E-state index is 14.6. The second-order valence-corrected chi connectivity index (χ2v) is 15.3. The van der Waals surface area contributed by atoms with Gasteiger partial charge in [0.2, 0.25) is 17.7 Å². The second kappa shape index (κ2) is 13.7. The van der Waals surface area contributed by atoms with Crippen LogP contribution in [-0.2, 0) is 33.6 Å². The van der Waals surface area contributed by atoms with Gasteiger partial charge in [-0.25, -0.2) is 24.6 Å². The SMILES string of the molecule is C[C@@]1(Cc2ccc(-c3cnc(C#N)nc3)cc2)C(=O)N(c2cc(Cl)cc(Cl)c2)c2ncc(C(=O)NC3(C(=O)NC4(c5ccc(CNC(N)=O)cn5)CC4)CC3)n21. The van der Waals surface area contributed by atoms with Crippen LogP contribution in [0.2, 0.25) is 10.0 Å². The molecule has 17 heteroatoms. The van der Waals surface area contributed by atoms with Gasteiger partial charge in [0.15, 0.2) is 0 Å². The number of halogens is 2. The Balaban J connectivity index is 1.06. The predicted octanol–water partition coefficient (Wildman–Crippen LogP) is 4.79. The Labute approximate surface area is 330 Å². The summed E-state index contributed by atoms with van der Waals surface area (Å²) in [6.45, 7) is 1.97. The molecule has 56 heavy (non-hydrogen) atoms. The summed E-state index contributed by atoms with van der Waals surface area (Å²) in [7, 11) is 0. The quantitative estimate of drug-likeness (QED) is 0.145. The zero-order valence-corrected chi connectivity index (χ0v) is 31.4. The van der Waals surface area contributed by atoms with E-state index in [0.29, 0.717) is 52.7 Å². The van der Waals surface area contributed by atoms with Crippen molar-refractivity contribution in [1.29, 1.82) is 5.26 Å². The first-order valence-corrected chi connectivity index (χ1v) is 18.4. The van der Waals surface area contributed by atoms with E-state index in [1.807, 2.05) is 42.5 Å². The Morgan fingerprint density at radius 1 is 0.857 bits per heavy atom. The predicted molar refractivity (Wildman–Crippen MR) is 205 cm³/mol. The molecule has 2 aliphatic carbocycles. The number of fused-ring (bicyclic) bond motifs is 1. The number of anilines is 2. The molecule has 3 aliphatic rings. The summed E-state index contributed by atoms with van der Waals surface area (Å²) >= 11 is 12.7. The third kappa shape index (κ3) is 6.67. The number of rotatable bonds is 11. The van der Waals surface area contributed by atoms with Gasteiger partial charge in [0.1, 0.15) is 22.8 Å². The molecule has 15 nitrogen and oxygen atoms in total. The van der Waals surface area contributed by atoms with Gasteiger partial charge < -0.3 is 21.7 Å². The van der Waals surface area contributed by atoms with Crippen LogP contribution in [-0.4, -0.2) is 53.8 Å². The monoisotopic (exact) mass is 789 g/mol. The summed E-state index contributed by atoms with van der Waals surface area (Å²) in [5.74, 6) is -0.994. The average molecular weight is 791 g/mol. The van der Waals surface area contributed by atoms with Crippen LogP contribution in [0.5, 0.6) is 0 Å². The molecule has 1 atom stereocenters. The number of nitrogens with zero attached hydrogens (tertiary/aromatic N) is 7. The number of benzene rings is 2. The number of aromatic nitrogens is 5. The van der Waals surface area contributed by atoms with Crippen LogP contribution in [0.4, 0.5) is 16.4 Å². The van der Waals surface area contributed by atoms with E-state index < -0.39 is 28.6 Å². The van der Waals surface area contributed by atoms with Crippen LogP contribution in [0.15, 0.2) is 79.4 Å². The van der Waals surface area contributed by atoms with Gasteiger partial charge in [-0.05, 0) is 73.6 Å². The molecule has 0 unspecified atom stereocenters. The summed E-state index contributed by atoms with van der Waals surface area (Å²) in [5, 5.41) is 18.3. The summed E-state index contributed by atoms with van der Waals surface area (Å²) in [6.07, 6.45) is 8.54. The zero-order chi connectivity index (χ0) is 39.4. The molecule has 1 aliphatic heterocycles. The molecule has 4 heterocycles. The lowest BCUT2D eigenvalue weighted by atomic mass is 9.90. The van der Waals surface area contributed by atoms with Gasteiger partial charge >= 0.3 is 6.03 Å². The van der Waals surface area contributed by atoms with E-state index in [2.05, 4.69) is 35.9 Å². The first-order valence-electron chi connectivity index (χ1n) is 17.7. The number of imidazole rings is 1. The van der Waals surface area contributed by atoms with Gasteiger partial charge in [-0.1, -0.05) is 53.5 Å². The first-order chi connectivity index (χ1) is 26.8. The number of hydrogen-bond donors (Lipinski definition) is 4. The van der Waals surface area contributed by atoms with Crippen molar-refractivity contribution in [3.05, 3.63) is 118 Å². The lowest BCUT2D eigenvalue weighted by Gasteiger charge is -2.27. The molecule has 0 spiro atoms. The van der Waals surface area contributed by atoms with Crippen molar-refractivity contribution in [1.82, 2.24) is 40.5 Å². The highest BCUT2D eigenvalue weighted by molar-refractivity contribution is 6.35. The third-order valence-corrected chi connectivity index (χ3v) is 10.9. The summed E-state index contributed by atoms with van der Waals surface area (Å²) in [6, 6.07) is 17.1. The molecule has 2 saturated carbocycles. The highest BCUT2D eigenvalue weighted by Crippen LogP contribution is 2.47. The van der Waals surface area contributed by atoms with Crippen molar-refractivity contribution < 1.29 is 19.2 Å². The minimum absolute atomic E-state index is 0.0661. The van der Waals surface area contributed by atoms with Crippen LogP contribution >= 0.6 is 23.2 Å². The van der Waals surface area contributed by atoms with Crippen LogP contribution in [0.3, 0.4) is 0 Å². The largest absolute Gasteiger partial charge is 0.352 e. The maximum absolute atomic E-state index is 14.6. The Bertz CT molecular complexity index is 2440. The Morgan fingerprint density at radius 3 is 2.12 bits per heavy atom. The third-order valence-electron chi connectivity index (χ3n) is 10.4. The number of pyridine rings is 1. The van der Waals surface area contributed by atoms with Gasteiger partial charge in [0, 0.05) is 47.2 Å². The summed E-state index contributed by atoms with van der Waals surface area (Å²) < 4.78 is 1.61. The Hall–Kier alpha value is -6.37. The lowest BCUT2D eigenvalue weighted by Crippen LogP contribution is -2.52. The standard InChI is InChI=1S/C39H33Cl2N11O4/c1-37(15-22-2-5-24(6-3-22)25-19-45-31(16-42)46-20-25)34(55)51(28-13-26(40)12-27(41)14-28)36-48-21-29(52(36)37)32(53)49-39(10-11-39)33(54)50-38(8-9-38)30-7-4-23(17-44-30)18-47-35(43)56/h2-7,12-14,17,19-21H,8-11,15,18H2,1H3,(H,49,53)(H,50,54)(H3,43,47,56)/t37-/m1/s1. The van der Waals surface area contributed by atoms with E-state index in [4.69, 9.17) is 34.2 Å². The highest BCUT2D eigenvalue weighted by atomic mass is 35.5. The zero-order valence-electron chi connectivity index (χ0n) is 29.8. The molecule has 5 amide bonds. The lowest BCUT2D eigenvalue weighted by molar-refractivity contribution is -0.125. The smallest absolute Gasteiger partial charge is 0.312 e. The number of nitrogens with two attached hydrogens (primary N) is 1. The fourth-order valence-corrected chi connectivity index (χ4v) is 7.62. The number of nitriles is 1. The van der Waals surface area contributed by atoms with Crippen molar-refractivity contribution in [2.75, 3.05) is 4.90 Å². The number of carbonyl (C=O) groups excluding carboxylic acids is 4. The topological polar surface area (TPSA) is 214 Å². The van der Waals surface area contributed by atoms with Crippen molar-refractivity contribution >= 4 is 58.6 Å². The van der Waals surface area contributed by atoms with E-state index in [9.17, 15) is 19.2 Å². The molecule has 2 aromatic carbocycles. The number of amides is 5. The van der Waals surface area contributed by atoms with E-state index >= 15 is 0 Å². The van der Waals surface area contributed by atoms with E-state index in [1.54, 1.807) is 48.3 Å². The van der Waals surface area contributed by atoms with Crippen LogP contribution in [0.25, 0.3) is 11.1 Å². The molecular formula is C39H33Cl2N11O4. The minimum Gasteiger partial charge on any atom is -0.352 e. The number of hydrogen-bond acceptors (Lipinski definition) is 9. The molecule has 0 radical (unpaired) electrons. The van der Waals surface area contributed by atoms with Crippen molar-refractivity contribution in [2.24, 2.45) is 5.73 Å². The van der Waals surface area contributed by atoms with Crippen LogP contribution < -0.4 is 26.6 Å². The van der Waals surface area contributed by atoms with Crippen LogP contribution in [0.1, 0.15) is 65.7 Å². The number of urea groups is 1. The number of primary amides is 1. The molecule has 0 saturated heterocycles. The average Bonchev–Trinajstić information content (AvgIpc) is 4.09. The second-order valence-electron chi connectivity index (χ2n) is 14.4. The Morgan fingerprint density at radius 2 is 1.54 bits per heavy atom. The number of carbonyl (C=O) groups is 4. The van der Waals surface area contributed by atoms with Crippen molar-refractivity contribution in [3.63, 3.8) is 0 Å². The van der Waals surface area contributed by atoms with Gasteiger partial charge in [0.25, 0.3) is 11.8 Å². The fraction of sp³-hybridized carbons (Fsp3) is 0.256. The molecule has 282 valence electrons. The van der Waals surface area contributed by atoms with E-state index in [1.165, 1.54) is 11.1 Å². The van der Waals surface area contributed by atoms with Crippen molar-refractivity contribution in [3.8, 4) is 17.2 Å². The van der Waals surface area contributed by atoms with Crippen molar-refractivity contribution in [2.45, 2.75) is 62.2 Å². The molecule has 0 bridgehead atoms. The molecule has 5 N–H and O–H groups in total. The highest BCUT2D eigenvalue weighted by Gasteiger charge is 2.57. The van der Waals surface area contributed by atoms with Gasteiger partial charge in [-0.2, -0.15) is 5.26 Å². The normalized spacial score (nSPS) is 18.4.